The summed E-state index contributed by atoms with van der Waals surface area (Å²) in [7, 11) is -9.31. The number of rotatable bonds is 4. The summed E-state index contributed by atoms with van der Waals surface area (Å²) in [5, 5.41) is 8.98. The Bertz CT molecular complexity index is 904. The van der Waals surface area contributed by atoms with Crippen LogP contribution in [0.1, 0.15) is 22.0 Å². The summed E-state index contributed by atoms with van der Waals surface area (Å²) < 4.78 is 42.6. The highest BCUT2D eigenvalue weighted by molar-refractivity contribution is 7.79. The molecule has 29 heavy (non-hydrogen) atoms. The minimum Gasteiger partial charge on any atom is -0.396 e. The lowest BCUT2D eigenvalue weighted by molar-refractivity contribution is -0.689. The lowest BCUT2D eigenvalue weighted by atomic mass is 10.2. The first-order valence-electron chi connectivity index (χ1n) is 7.25. The fourth-order valence-corrected chi connectivity index (χ4v) is 2.75. The number of nitrogens with zero attached hydrogens (tertiary/aromatic N) is 3. The third-order valence-electron chi connectivity index (χ3n) is 2.85. The van der Waals surface area contributed by atoms with Gasteiger partial charge in [0.2, 0.25) is 5.51 Å². The van der Waals surface area contributed by atoms with Crippen LogP contribution >= 0.6 is 31.6 Å². The van der Waals surface area contributed by atoms with Crippen molar-refractivity contribution >= 4 is 47.8 Å². The Labute approximate surface area is 177 Å². The van der Waals surface area contributed by atoms with E-state index < -0.39 is 18.2 Å². The van der Waals surface area contributed by atoms with Crippen LogP contribution in [0.4, 0.5) is 5.82 Å². The molecule has 0 bridgehead atoms. The number of hydrogen-bond acceptors (Lipinski definition) is 8. The molecule has 0 aliphatic rings. The van der Waals surface area contributed by atoms with Crippen molar-refractivity contribution in [3.05, 3.63) is 33.7 Å². The van der Waals surface area contributed by atoms with E-state index in [-0.39, 0.29) is 19.0 Å². The molecule has 0 saturated carbocycles. The van der Waals surface area contributed by atoms with E-state index in [0.717, 1.165) is 11.3 Å². The maximum Gasteiger partial charge on any atom is 0.466 e. The predicted octanol–water partition coefficient (Wildman–Crippen LogP) is -0.552. The van der Waals surface area contributed by atoms with Crippen molar-refractivity contribution in [2.75, 3.05) is 12.3 Å². The molecule has 2 rings (SSSR count). The fraction of sp³-hybridized carbons (Fsp3) is 0.417. The van der Waals surface area contributed by atoms with Gasteiger partial charge in [-0.3, -0.25) is 9.11 Å². The summed E-state index contributed by atoms with van der Waals surface area (Å²) in [5.41, 5.74) is 10.0. The van der Waals surface area contributed by atoms with Crippen molar-refractivity contribution in [2.45, 2.75) is 26.8 Å². The Morgan fingerprint density at radius 3 is 2.14 bits per heavy atom. The Hall–Kier alpha value is -1.26. The molecule has 0 aromatic carbocycles. The topological polar surface area (TPSA) is 228 Å². The van der Waals surface area contributed by atoms with E-state index in [1.807, 2.05) is 19.4 Å². The van der Waals surface area contributed by atoms with E-state index in [2.05, 4.69) is 14.5 Å². The molecule has 0 aliphatic carbocycles. The van der Waals surface area contributed by atoms with Crippen molar-refractivity contribution in [3.8, 4) is 0 Å². The number of aliphatic hydroxyl groups is 1. The molecular formula is C12H23ClN4O9PS2+. The highest BCUT2D eigenvalue weighted by Gasteiger charge is 2.17. The molecular weight excluding hydrogens is 475 g/mol. The van der Waals surface area contributed by atoms with E-state index in [1.165, 1.54) is 4.88 Å². The SMILES string of the molecule is Cc1ncc(C[n+]2csc(CCO)c2C)c(N)n1.Cl.O=P(O)(O)O.O=S(=O)(O)O. The summed E-state index contributed by atoms with van der Waals surface area (Å²) >= 11 is 1.65. The molecule has 0 radical (unpaired) electrons. The third-order valence-corrected chi connectivity index (χ3v) is 4.00. The molecule has 2 heterocycles. The van der Waals surface area contributed by atoms with Crippen LogP contribution in [0, 0.1) is 13.8 Å². The Balaban J connectivity index is 0. The highest BCUT2D eigenvalue weighted by Crippen LogP contribution is 2.25. The quantitative estimate of drug-likeness (QED) is 0.160. The Morgan fingerprint density at radius 1 is 1.24 bits per heavy atom. The van der Waals surface area contributed by atoms with Crippen molar-refractivity contribution in [3.63, 3.8) is 0 Å². The van der Waals surface area contributed by atoms with Gasteiger partial charge in [-0.1, -0.05) is 11.3 Å². The first kappa shape index (κ1) is 29.9. The second kappa shape index (κ2) is 13.1. The van der Waals surface area contributed by atoms with Gasteiger partial charge in [-0.05, 0) is 6.92 Å². The first-order chi connectivity index (χ1) is 12.6. The lowest BCUT2D eigenvalue weighted by Gasteiger charge is -2.01. The van der Waals surface area contributed by atoms with Crippen LogP contribution in [0.5, 0.6) is 0 Å². The van der Waals surface area contributed by atoms with E-state index in [1.54, 1.807) is 17.5 Å². The summed E-state index contributed by atoms with van der Waals surface area (Å²) in [4.78, 5) is 31.1. The predicted molar refractivity (Wildman–Crippen MR) is 106 cm³/mol. The summed E-state index contributed by atoms with van der Waals surface area (Å²) in [5.74, 6) is 1.22. The van der Waals surface area contributed by atoms with Gasteiger partial charge in [0.05, 0.1) is 10.4 Å². The standard InChI is InChI=1S/C12H17N4OS.ClH.H3O4P.H2O4S/c1-8-11(3-4-17)18-7-16(8)6-10-5-14-9(2)15-12(10)13;;2*1-5(2,3)4/h5,7,17H,3-4,6H2,1-2H3,(H2,13,14,15);1H;(H3,1,2,3,4);(H2,1,2,3,4)/q+1;;;. The normalized spacial score (nSPS) is 10.8. The largest absolute Gasteiger partial charge is 0.466 e. The van der Waals surface area contributed by atoms with Crippen LogP contribution in [0.25, 0.3) is 0 Å². The fourth-order valence-electron chi connectivity index (χ4n) is 1.77. The van der Waals surface area contributed by atoms with Crippen molar-refractivity contribution in [1.82, 2.24) is 9.97 Å². The average Bonchev–Trinajstić information content (AvgIpc) is 2.80. The highest BCUT2D eigenvalue weighted by atomic mass is 35.5. The van der Waals surface area contributed by atoms with Gasteiger partial charge in [-0.25, -0.2) is 14.5 Å². The number of halogens is 1. The smallest absolute Gasteiger partial charge is 0.396 e. The molecule has 17 heteroatoms. The molecule has 0 saturated heterocycles. The number of thiazole rings is 1. The van der Waals surface area contributed by atoms with E-state index in [9.17, 15) is 0 Å². The van der Waals surface area contributed by atoms with Crippen LogP contribution in [-0.2, 0) is 27.9 Å². The monoisotopic (exact) mass is 497 g/mol. The molecule has 13 nitrogen and oxygen atoms in total. The first-order valence-corrected chi connectivity index (χ1v) is 11.1. The molecule has 0 atom stereocenters. The molecule has 2 aromatic rings. The molecule has 0 unspecified atom stereocenters. The van der Waals surface area contributed by atoms with E-state index >= 15 is 0 Å². The Morgan fingerprint density at radius 2 is 1.72 bits per heavy atom. The molecule has 8 N–H and O–H groups in total. The zero-order valence-corrected chi connectivity index (χ0v) is 18.6. The number of aliphatic hydroxyl groups excluding tert-OH is 1. The summed E-state index contributed by atoms with van der Waals surface area (Å²) in [6.07, 6.45) is 2.47. The molecule has 0 aliphatic heterocycles. The number of aryl methyl sites for hydroxylation is 1. The van der Waals surface area contributed by atoms with Crippen LogP contribution < -0.4 is 10.3 Å². The Kier molecular flexibility index (Phi) is 13.5. The zero-order valence-electron chi connectivity index (χ0n) is 15.3. The van der Waals surface area contributed by atoms with Gasteiger partial charge >= 0.3 is 18.2 Å². The van der Waals surface area contributed by atoms with Crippen LogP contribution in [0.15, 0.2) is 11.7 Å². The maximum atomic E-state index is 8.98. The van der Waals surface area contributed by atoms with Gasteiger partial charge in [0.25, 0.3) is 0 Å². The number of aromatic nitrogens is 3. The van der Waals surface area contributed by atoms with Gasteiger partial charge < -0.3 is 25.5 Å². The van der Waals surface area contributed by atoms with Crippen molar-refractivity contribution in [1.29, 1.82) is 0 Å². The number of phosphoric acid groups is 1. The van der Waals surface area contributed by atoms with Crippen LogP contribution in [0.2, 0.25) is 0 Å². The summed E-state index contributed by atoms with van der Waals surface area (Å²) in [6, 6.07) is 0. The van der Waals surface area contributed by atoms with Gasteiger partial charge in [-0.15, -0.1) is 12.4 Å². The molecule has 0 fully saturated rings. The number of hydrogen-bond donors (Lipinski definition) is 7. The van der Waals surface area contributed by atoms with Crippen LogP contribution in [-0.4, -0.2) is 53.9 Å². The van der Waals surface area contributed by atoms with Crippen molar-refractivity contribution in [2.24, 2.45) is 0 Å². The molecule has 168 valence electrons. The number of nitrogen functional groups attached to an aromatic ring is 1. The van der Waals surface area contributed by atoms with Crippen LogP contribution in [0.3, 0.4) is 0 Å². The molecule has 0 amide bonds. The third kappa shape index (κ3) is 16.2. The number of nitrogens with two attached hydrogens (primary N) is 1. The van der Waals surface area contributed by atoms with Gasteiger partial charge in [0, 0.05) is 26.1 Å². The molecule has 0 spiro atoms. The van der Waals surface area contributed by atoms with Gasteiger partial charge in [-0.2, -0.15) is 13.0 Å². The average molecular weight is 498 g/mol. The van der Waals surface area contributed by atoms with Gasteiger partial charge in [0.15, 0.2) is 12.2 Å². The number of anilines is 1. The zero-order chi connectivity index (χ0) is 22.1. The van der Waals surface area contributed by atoms with E-state index in [0.29, 0.717) is 24.6 Å². The maximum absolute atomic E-state index is 8.98. The second-order valence-electron chi connectivity index (χ2n) is 5.12. The minimum absolute atomic E-state index is 0. The molecule has 2 aromatic heterocycles. The van der Waals surface area contributed by atoms with Crippen molar-refractivity contribution < 1.29 is 46.4 Å². The lowest BCUT2D eigenvalue weighted by Crippen LogP contribution is -2.35. The second-order valence-corrected chi connectivity index (χ2v) is 7.98. The van der Waals surface area contributed by atoms with E-state index in [4.69, 9.17) is 47.6 Å². The minimum atomic E-state index is -4.67. The summed E-state index contributed by atoms with van der Waals surface area (Å²) in [6.45, 7) is 4.71. The van der Waals surface area contributed by atoms with Gasteiger partial charge in [0.1, 0.15) is 11.6 Å².